The summed E-state index contributed by atoms with van der Waals surface area (Å²) in [5.41, 5.74) is 6.73. The third-order valence-electron chi connectivity index (χ3n) is 4.64. The average Bonchev–Trinajstić information content (AvgIpc) is 2.59. The second-order valence-corrected chi connectivity index (χ2v) is 8.83. The zero-order valence-electron chi connectivity index (χ0n) is 15.9. The molecule has 9 heteroatoms. The number of hydrogen-bond donors (Lipinski definition) is 3. The molecule has 27 heavy (non-hydrogen) atoms. The fourth-order valence-electron chi connectivity index (χ4n) is 3.13. The van der Waals surface area contributed by atoms with Gasteiger partial charge in [0.15, 0.2) is 0 Å². The van der Waals surface area contributed by atoms with Crippen LogP contribution < -0.4 is 15.8 Å². The Bertz CT molecular complexity index is 719. The Morgan fingerprint density at radius 2 is 1.81 bits per heavy atom. The highest BCUT2D eigenvalue weighted by Gasteiger charge is 2.38. The summed E-state index contributed by atoms with van der Waals surface area (Å²) in [6.45, 7) is 5.17. The molecule has 4 N–H and O–H groups in total. The molecule has 0 aromatic heterocycles. The number of halogens is 1. The van der Waals surface area contributed by atoms with Crippen molar-refractivity contribution >= 4 is 28.3 Å². The second kappa shape index (κ2) is 10.4. The van der Waals surface area contributed by atoms with Gasteiger partial charge in [-0.2, -0.15) is 0 Å². The van der Waals surface area contributed by atoms with Gasteiger partial charge in [-0.1, -0.05) is 24.3 Å². The Morgan fingerprint density at radius 1 is 1.22 bits per heavy atom. The molecule has 0 atom stereocenters. The first-order valence-corrected chi connectivity index (χ1v) is 10.6. The van der Waals surface area contributed by atoms with Crippen molar-refractivity contribution in [2.24, 2.45) is 11.1 Å². The summed E-state index contributed by atoms with van der Waals surface area (Å²) in [6, 6.07) is 7.07. The van der Waals surface area contributed by atoms with Crippen molar-refractivity contribution in [3.8, 4) is 0 Å². The highest BCUT2D eigenvalue weighted by Crippen LogP contribution is 2.29. The predicted octanol–water partition coefficient (Wildman–Crippen LogP) is 1.31. The first-order valence-electron chi connectivity index (χ1n) is 8.91. The Morgan fingerprint density at radius 3 is 2.37 bits per heavy atom. The van der Waals surface area contributed by atoms with E-state index < -0.39 is 15.4 Å². The highest BCUT2D eigenvalue weighted by atomic mass is 35.5. The van der Waals surface area contributed by atoms with E-state index in [0.29, 0.717) is 31.6 Å². The lowest BCUT2D eigenvalue weighted by molar-refractivity contribution is -0.136. The quantitative estimate of drug-likeness (QED) is 0.588. The normalized spacial score (nSPS) is 16.6. The lowest BCUT2D eigenvalue weighted by Gasteiger charge is -2.34. The maximum absolute atomic E-state index is 12.7. The summed E-state index contributed by atoms with van der Waals surface area (Å²) >= 11 is 0. The van der Waals surface area contributed by atoms with Crippen molar-refractivity contribution in [3.05, 3.63) is 35.4 Å². The lowest BCUT2D eigenvalue weighted by atomic mass is 9.79. The van der Waals surface area contributed by atoms with Crippen LogP contribution in [0.2, 0.25) is 0 Å². The molecule has 0 radical (unpaired) electrons. The zero-order chi connectivity index (χ0) is 19.2. The number of ether oxygens (including phenoxy) is 1. The van der Waals surface area contributed by atoms with E-state index in [4.69, 9.17) is 10.5 Å². The maximum Gasteiger partial charge on any atom is 0.227 e. The third kappa shape index (κ3) is 6.73. The molecule has 0 saturated carbocycles. The van der Waals surface area contributed by atoms with E-state index in [-0.39, 0.29) is 43.2 Å². The minimum Gasteiger partial charge on any atom is -0.381 e. The lowest BCUT2D eigenvalue weighted by Crippen LogP contribution is -2.49. The van der Waals surface area contributed by atoms with Crippen molar-refractivity contribution in [2.75, 3.05) is 19.8 Å². The molecule has 1 aromatic rings. The molecule has 0 bridgehead atoms. The number of carbonyl (C=O) groups excluding carboxylic acids is 1. The fourth-order valence-corrected chi connectivity index (χ4v) is 4.62. The van der Waals surface area contributed by atoms with Crippen LogP contribution in [0.4, 0.5) is 0 Å². The van der Waals surface area contributed by atoms with Crippen LogP contribution in [-0.2, 0) is 31.9 Å². The average molecular weight is 420 g/mol. The molecule has 1 aliphatic rings. The molecule has 1 amide bonds. The van der Waals surface area contributed by atoms with Crippen molar-refractivity contribution < 1.29 is 17.9 Å². The molecular formula is C18H30ClN3O4S. The number of hydrogen-bond acceptors (Lipinski definition) is 5. The number of benzene rings is 1. The van der Waals surface area contributed by atoms with Gasteiger partial charge >= 0.3 is 0 Å². The van der Waals surface area contributed by atoms with Gasteiger partial charge in [-0.3, -0.25) is 4.79 Å². The van der Waals surface area contributed by atoms with E-state index in [1.807, 2.05) is 12.1 Å². The van der Waals surface area contributed by atoms with Crippen LogP contribution in [0.5, 0.6) is 0 Å². The van der Waals surface area contributed by atoms with Gasteiger partial charge in [0, 0.05) is 32.3 Å². The summed E-state index contributed by atoms with van der Waals surface area (Å²) < 4.78 is 32.3. The topological polar surface area (TPSA) is 111 Å². The van der Waals surface area contributed by atoms with Crippen LogP contribution in [0.25, 0.3) is 0 Å². The summed E-state index contributed by atoms with van der Waals surface area (Å²) in [4.78, 5) is 12.7. The number of nitrogens with two attached hydrogens (primary N) is 1. The van der Waals surface area contributed by atoms with E-state index in [2.05, 4.69) is 10.0 Å². The molecule has 1 heterocycles. The van der Waals surface area contributed by atoms with Gasteiger partial charge in [0.1, 0.15) is 0 Å². The molecule has 1 aliphatic heterocycles. The third-order valence-corrected chi connectivity index (χ3v) is 6.16. The monoisotopic (exact) mass is 419 g/mol. The van der Waals surface area contributed by atoms with E-state index in [1.165, 1.54) is 0 Å². The van der Waals surface area contributed by atoms with Gasteiger partial charge in [0.2, 0.25) is 15.9 Å². The van der Waals surface area contributed by atoms with Crippen molar-refractivity contribution in [1.82, 2.24) is 10.0 Å². The zero-order valence-corrected chi connectivity index (χ0v) is 17.5. The maximum atomic E-state index is 12.7. The standard InChI is InChI=1S/C18H29N3O4S.ClH/c1-14(2)21-26(23,24)12-16-6-4-3-5-15(16)11-20-17(22)18(13-19)7-9-25-10-8-18;/h3-6,14,21H,7-13,19H2,1-2H3,(H,20,22);1H. The molecule has 2 rings (SSSR count). The van der Waals surface area contributed by atoms with Crippen LogP contribution in [-0.4, -0.2) is 40.1 Å². The minimum absolute atomic E-state index is 0. The van der Waals surface area contributed by atoms with Crippen LogP contribution in [0.3, 0.4) is 0 Å². The van der Waals surface area contributed by atoms with Crippen molar-refractivity contribution in [1.29, 1.82) is 0 Å². The molecule has 1 aromatic carbocycles. The summed E-state index contributed by atoms with van der Waals surface area (Å²) in [7, 11) is -3.43. The van der Waals surface area contributed by atoms with Gasteiger partial charge in [-0.15, -0.1) is 12.4 Å². The largest absolute Gasteiger partial charge is 0.381 e. The van der Waals surface area contributed by atoms with Crippen molar-refractivity contribution in [3.63, 3.8) is 0 Å². The van der Waals surface area contributed by atoms with Crippen LogP contribution in [0.1, 0.15) is 37.8 Å². The smallest absolute Gasteiger partial charge is 0.227 e. The SMILES string of the molecule is CC(C)NS(=O)(=O)Cc1ccccc1CNC(=O)C1(CN)CCOCC1.Cl. The molecule has 0 spiro atoms. The van der Waals surface area contributed by atoms with Gasteiger partial charge < -0.3 is 15.8 Å². The molecule has 7 nitrogen and oxygen atoms in total. The van der Waals surface area contributed by atoms with Gasteiger partial charge in [0.05, 0.1) is 11.2 Å². The minimum atomic E-state index is -3.43. The number of nitrogens with one attached hydrogen (secondary N) is 2. The number of amides is 1. The van der Waals surface area contributed by atoms with Gasteiger partial charge in [-0.05, 0) is 37.8 Å². The van der Waals surface area contributed by atoms with Crippen LogP contribution in [0.15, 0.2) is 24.3 Å². The van der Waals surface area contributed by atoms with Gasteiger partial charge in [-0.25, -0.2) is 13.1 Å². The van der Waals surface area contributed by atoms with Crippen molar-refractivity contribution in [2.45, 2.75) is 45.0 Å². The molecule has 1 saturated heterocycles. The predicted molar refractivity (Wildman–Crippen MR) is 108 cm³/mol. The van der Waals surface area contributed by atoms with E-state index in [9.17, 15) is 13.2 Å². The Kier molecular flexibility index (Phi) is 9.17. The Labute approximate surface area is 167 Å². The molecule has 154 valence electrons. The van der Waals surface area contributed by atoms with Crippen LogP contribution in [0, 0.1) is 5.41 Å². The number of sulfonamides is 1. The van der Waals surface area contributed by atoms with E-state index in [0.717, 1.165) is 5.56 Å². The molecule has 0 unspecified atom stereocenters. The summed E-state index contributed by atoms with van der Waals surface area (Å²) in [5.74, 6) is -0.214. The number of rotatable bonds is 8. The second-order valence-electron chi connectivity index (χ2n) is 7.08. The number of carbonyl (C=O) groups is 1. The Hall–Kier alpha value is -1.19. The summed E-state index contributed by atoms with van der Waals surface area (Å²) in [5, 5.41) is 2.94. The molecular weight excluding hydrogens is 390 g/mol. The molecule has 0 aliphatic carbocycles. The van der Waals surface area contributed by atoms with E-state index in [1.54, 1.807) is 26.0 Å². The summed E-state index contributed by atoms with van der Waals surface area (Å²) in [6.07, 6.45) is 1.20. The van der Waals surface area contributed by atoms with E-state index >= 15 is 0 Å². The fraction of sp³-hybridized carbons (Fsp3) is 0.611. The first-order chi connectivity index (χ1) is 12.3. The molecule has 1 fully saturated rings. The van der Waals surface area contributed by atoms with Crippen LogP contribution >= 0.6 is 12.4 Å². The Balaban J connectivity index is 0.00000364. The first kappa shape index (κ1) is 23.8. The highest BCUT2D eigenvalue weighted by molar-refractivity contribution is 7.88. The van der Waals surface area contributed by atoms with Gasteiger partial charge in [0.25, 0.3) is 0 Å².